The van der Waals surface area contributed by atoms with E-state index in [9.17, 15) is 9.18 Å². The molecular formula is C16H23FN4O. The van der Waals surface area contributed by atoms with Gasteiger partial charge in [-0.3, -0.25) is 4.79 Å². The molecule has 1 saturated heterocycles. The van der Waals surface area contributed by atoms with Gasteiger partial charge >= 0.3 is 0 Å². The Bertz CT molecular complexity index is 521. The van der Waals surface area contributed by atoms with Crippen molar-refractivity contribution in [1.82, 2.24) is 15.3 Å². The first kappa shape index (κ1) is 15.2. The van der Waals surface area contributed by atoms with E-state index in [1.54, 1.807) is 0 Å². The molecule has 3 rings (SSSR count). The molecule has 2 aliphatic rings. The van der Waals surface area contributed by atoms with Crippen LogP contribution < -0.4 is 10.2 Å². The summed E-state index contributed by atoms with van der Waals surface area (Å²) in [5.74, 6) is 0.813. The Morgan fingerprint density at radius 2 is 2.00 bits per heavy atom. The maximum absolute atomic E-state index is 14.7. The minimum Gasteiger partial charge on any atom is -0.353 e. The van der Waals surface area contributed by atoms with Crippen LogP contribution >= 0.6 is 0 Å². The van der Waals surface area contributed by atoms with Crippen LogP contribution in [-0.4, -0.2) is 41.2 Å². The number of piperidine rings is 1. The van der Waals surface area contributed by atoms with Crippen molar-refractivity contribution in [3.8, 4) is 0 Å². The second-order valence-electron chi connectivity index (χ2n) is 6.37. The molecule has 0 aromatic carbocycles. The van der Waals surface area contributed by atoms with Crippen LogP contribution in [0.2, 0.25) is 0 Å². The summed E-state index contributed by atoms with van der Waals surface area (Å²) in [5, 5.41) is 2.76. The van der Waals surface area contributed by atoms with E-state index in [-0.39, 0.29) is 18.4 Å². The van der Waals surface area contributed by atoms with Crippen LogP contribution in [0.15, 0.2) is 12.4 Å². The van der Waals surface area contributed by atoms with Crippen molar-refractivity contribution in [2.45, 2.75) is 44.7 Å². The second kappa shape index (κ2) is 6.18. The highest BCUT2D eigenvalue weighted by Gasteiger charge is 2.37. The lowest BCUT2D eigenvalue weighted by atomic mass is 9.93. The number of nitrogens with zero attached hydrogens (tertiary/aromatic N) is 3. The van der Waals surface area contributed by atoms with Crippen LogP contribution in [0.5, 0.6) is 0 Å². The van der Waals surface area contributed by atoms with E-state index in [1.165, 1.54) is 0 Å². The van der Waals surface area contributed by atoms with Crippen molar-refractivity contribution in [2.24, 2.45) is 5.92 Å². The Hall–Kier alpha value is -1.72. The van der Waals surface area contributed by atoms with Crippen LogP contribution in [0, 0.1) is 5.92 Å². The van der Waals surface area contributed by atoms with Crippen molar-refractivity contribution >= 4 is 11.9 Å². The summed E-state index contributed by atoms with van der Waals surface area (Å²) in [6.07, 6.45) is 7.27. The number of alkyl halides is 1. The van der Waals surface area contributed by atoms with Gasteiger partial charge in [-0.25, -0.2) is 14.4 Å². The molecule has 0 bridgehead atoms. The minimum absolute atomic E-state index is 0.0120. The van der Waals surface area contributed by atoms with Gasteiger partial charge in [-0.1, -0.05) is 6.92 Å². The number of anilines is 1. The standard InChI is InChI=1S/C16H23FN4O/c1-2-12-9-18-15(19-10-12)21-7-5-16(17,6-8-21)11-20-14(22)13-3-4-13/h9-10,13H,2-8,11H2,1H3,(H,20,22). The van der Waals surface area contributed by atoms with E-state index in [2.05, 4.69) is 22.2 Å². The zero-order valence-electron chi connectivity index (χ0n) is 13.0. The lowest BCUT2D eigenvalue weighted by Crippen LogP contribution is -2.48. The van der Waals surface area contributed by atoms with Gasteiger partial charge in [-0.2, -0.15) is 0 Å². The molecule has 2 fully saturated rings. The number of aromatic nitrogens is 2. The topological polar surface area (TPSA) is 58.1 Å². The quantitative estimate of drug-likeness (QED) is 0.902. The first-order chi connectivity index (χ1) is 10.6. The predicted molar refractivity (Wildman–Crippen MR) is 82.4 cm³/mol. The number of hydrogen-bond acceptors (Lipinski definition) is 4. The first-order valence-electron chi connectivity index (χ1n) is 8.12. The van der Waals surface area contributed by atoms with E-state index < -0.39 is 5.67 Å². The van der Waals surface area contributed by atoms with Gasteiger partial charge in [0.2, 0.25) is 11.9 Å². The number of aryl methyl sites for hydroxylation is 1. The summed E-state index contributed by atoms with van der Waals surface area (Å²) in [4.78, 5) is 22.3. The molecule has 6 heteroatoms. The highest BCUT2D eigenvalue weighted by atomic mass is 19.1. The van der Waals surface area contributed by atoms with Gasteiger partial charge in [-0.15, -0.1) is 0 Å². The van der Waals surface area contributed by atoms with Crippen molar-refractivity contribution in [3.63, 3.8) is 0 Å². The van der Waals surface area contributed by atoms with Gasteiger partial charge in [0.1, 0.15) is 5.67 Å². The normalized spacial score (nSPS) is 20.7. The van der Waals surface area contributed by atoms with E-state index >= 15 is 0 Å². The van der Waals surface area contributed by atoms with Gasteiger partial charge in [0, 0.05) is 44.2 Å². The van der Waals surface area contributed by atoms with Gasteiger partial charge in [0.25, 0.3) is 0 Å². The van der Waals surface area contributed by atoms with E-state index in [1.807, 2.05) is 17.3 Å². The molecule has 1 aliphatic carbocycles. The number of amides is 1. The molecule has 1 aliphatic heterocycles. The molecular weight excluding hydrogens is 283 g/mol. The highest BCUT2D eigenvalue weighted by molar-refractivity contribution is 5.80. The molecule has 5 nitrogen and oxygen atoms in total. The average molecular weight is 306 g/mol. The van der Waals surface area contributed by atoms with Crippen LogP contribution in [0.25, 0.3) is 0 Å². The summed E-state index contributed by atoms with van der Waals surface area (Å²) in [5.41, 5.74) is -0.201. The molecule has 0 atom stereocenters. The molecule has 0 unspecified atom stereocenters. The molecule has 1 aromatic heterocycles. The van der Waals surface area contributed by atoms with E-state index in [4.69, 9.17) is 0 Å². The van der Waals surface area contributed by atoms with Crippen LogP contribution in [-0.2, 0) is 11.2 Å². The smallest absolute Gasteiger partial charge is 0.225 e. The summed E-state index contributed by atoms with van der Waals surface area (Å²) >= 11 is 0. The summed E-state index contributed by atoms with van der Waals surface area (Å²) in [7, 11) is 0. The minimum atomic E-state index is -1.30. The van der Waals surface area contributed by atoms with Gasteiger partial charge in [-0.05, 0) is 24.8 Å². The monoisotopic (exact) mass is 306 g/mol. The maximum atomic E-state index is 14.7. The molecule has 0 radical (unpaired) electrons. The van der Waals surface area contributed by atoms with Gasteiger partial charge in [0.15, 0.2) is 0 Å². The van der Waals surface area contributed by atoms with Crippen molar-refractivity contribution in [2.75, 3.05) is 24.5 Å². The molecule has 0 spiro atoms. The molecule has 1 aromatic rings. The largest absolute Gasteiger partial charge is 0.353 e. The van der Waals surface area contributed by atoms with E-state index in [0.29, 0.717) is 31.9 Å². The fraction of sp³-hybridized carbons (Fsp3) is 0.688. The predicted octanol–water partition coefficient (Wildman–Crippen LogP) is 1.87. The van der Waals surface area contributed by atoms with Crippen LogP contribution in [0.3, 0.4) is 0 Å². The third kappa shape index (κ3) is 3.54. The van der Waals surface area contributed by atoms with Crippen LogP contribution in [0.1, 0.15) is 38.2 Å². The lowest BCUT2D eigenvalue weighted by Gasteiger charge is -2.36. The molecule has 2 heterocycles. The molecule has 22 heavy (non-hydrogen) atoms. The average Bonchev–Trinajstić information content (AvgIpc) is 3.39. The van der Waals surface area contributed by atoms with Crippen molar-refractivity contribution in [3.05, 3.63) is 18.0 Å². The maximum Gasteiger partial charge on any atom is 0.225 e. The Kier molecular flexibility index (Phi) is 4.27. The van der Waals surface area contributed by atoms with Gasteiger partial charge in [0.05, 0.1) is 6.54 Å². The summed E-state index contributed by atoms with van der Waals surface area (Å²) in [6.45, 7) is 3.36. The molecule has 120 valence electrons. The van der Waals surface area contributed by atoms with Crippen molar-refractivity contribution < 1.29 is 9.18 Å². The zero-order chi connectivity index (χ0) is 15.6. The zero-order valence-corrected chi connectivity index (χ0v) is 13.0. The number of rotatable bonds is 5. The third-order valence-electron chi connectivity index (χ3n) is 4.57. The second-order valence-corrected chi connectivity index (χ2v) is 6.37. The Labute approximate surface area is 130 Å². The summed E-state index contributed by atoms with van der Waals surface area (Å²) < 4.78 is 14.7. The Balaban J connectivity index is 1.50. The third-order valence-corrected chi connectivity index (χ3v) is 4.57. The SMILES string of the molecule is CCc1cnc(N2CCC(F)(CNC(=O)C3CC3)CC2)nc1. The molecule has 1 amide bonds. The Morgan fingerprint density at radius 3 is 2.55 bits per heavy atom. The summed E-state index contributed by atoms with van der Waals surface area (Å²) in [6, 6.07) is 0. The van der Waals surface area contributed by atoms with Gasteiger partial charge < -0.3 is 10.2 Å². The number of carbonyl (C=O) groups excluding carboxylic acids is 1. The highest BCUT2D eigenvalue weighted by Crippen LogP contribution is 2.30. The Morgan fingerprint density at radius 1 is 1.36 bits per heavy atom. The molecule has 1 N–H and O–H groups in total. The first-order valence-corrected chi connectivity index (χ1v) is 8.12. The molecule has 1 saturated carbocycles. The number of carbonyl (C=O) groups is 1. The fourth-order valence-electron chi connectivity index (χ4n) is 2.71. The van der Waals surface area contributed by atoms with Crippen molar-refractivity contribution in [1.29, 1.82) is 0 Å². The van der Waals surface area contributed by atoms with E-state index in [0.717, 1.165) is 24.8 Å². The lowest BCUT2D eigenvalue weighted by molar-refractivity contribution is -0.123. The van der Waals surface area contributed by atoms with Crippen LogP contribution in [0.4, 0.5) is 10.3 Å². The number of hydrogen-bond donors (Lipinski definition) is 1. The number of halogens is 1. The fourth-order valence-corrected chi connectivity index (χ4v) is 2.71. The number of nitrogens with one attached hydrogen (secondary N) is 1.